The van der Waals surface area contributed by atoms with Gasteiger partial charge >= 0.3 is 6.03 Å². The Morgan fingerprint density at radius 1 is 1.52 bits per heavy atom. The predicted molar refractivity (Wildman–Crippen MR) is 80.4 cm³/mol. The molecule has 0 saturated carbocycles. The van der Waals surface area contributed by atoms with Crippen LogP contribution in [0.2, 0.25) is 0 Å². The van der Waals surface area contributed by atoms with Gasteiger partial charge in [0.25, 0.3) is 5.69 Å². The lowest BCUT2D eigenvalue weighted by Gasteiger charge is -2.16. The Labute approximate surface area is 125 Å². The van der Waals surface area contributed by atoms with Gasteiger partial charge in [-0.15, -0.1) is 11.3 Å². The van der Waals surface area contributed by atoms with Crippen molar-refractivity contribution in [2.75, 3.05) is 12.4 Å². The maximum absolute atomic E-state index is 12.0. The van der Waals surface area contributed by atoms with Gasteiger partial charge in [0.2, 0.25) is 0 Å². The van der Waals surface area contributed by atoms with E-state index < -0.39 is 4.92 Å². The summed E-state index contributed by atoms with van der Waals surface area (Å²) in [6, 6.07) is 5.47. The van der Waals surface area contributed by atoms with Crippen LogP contribution in [0.5, 0.6) is 0 Å². The minimum Gasteiger partial charge on any atom is -0.322 e. The van der Waals surface area contributed by atoms with Gasteiger partial charge in [-0.2, -0.15) is 0 Å². The number of thiazole rings is 1. The molecular formula is C13H14N4O3S. The maximum atomic E-state index is 12.0. The molecule has 7 nitrogen and oxygen atoms in total. The molecule has 8 heteroatoms. The third kappa shape index (κ3) is 3.99. The summed E-state index contributed by atoms with van der Waals surface area (Å²) in [4.78, 5) is 28.0. The first-order valence-corrected chi connectivity index (χ1v) is 7.01. The van der Waals surface area contributed by atoms with Crippen molar-refractivity contribution in [3.8, 4) is 0 Å². The molecule has 2 aromatic rings. The van der Waals surface area contributed by atoms with Gasteiger partial charge in [-0.3, -0.25) is 10.1 Å². The highest BCUT2D eigenvalue weighted by Crippen LogP contribution is 2.17. The number of nitro benzene ring substituents is 1. The first-order chi connectivity index (χ1) is 9.95. The summed E-state index contributed by atoms with van der Waals surface area (Å²) in [6.45, 7) is 2.28. The van der Waals surface area contributed by atoms with E-state index in [1.807, 2.05) is 12.3 Å². The van der Waals surface area contributed by atoms with Gasteiger partial charge in [0.1, 0.15) is 0 Å². The fourth-order valence-electron chi connectivity index (χ4n) is 1.71. The number of nitrogens with one attached hydrogen (secondary N) is 1. The summed E-state index contributed by atoms with van der Waals surface area (Å²) in [6.07, 6.45) is 0. The summed E-state index contributed by atoms with van der Waals surface area (Å²) in [5.41, 5.74) is 1.13. The molecular weight excluding hydrogens is 292 g/mol. The fraction of sp³-hybridized carbons (Fsp3) is 0.231. The molecule has 0 radical (unpaired) electrons. The van der Waals surface area contributed by atoms with Crippen LogP contribution >= 0.6 is 11.3 Å². The molecule has 0 saturated heterocycles. The van der Waals surface area contributed by atoms with Crippen LogP contribution in [0, 0.1) is 17.0 Å². The lowest BCUT2D eigenvalue weighted by Crippen LogP contribution is -2.30. The van der Waals surface area contributed by atoms with Gasteiger partial charge in [-0.1, -0.05) is 6.07 Å². The van der Waals surface area contributed by atoms with Crippen molar-refractivity contribution < 1.29 is 9.72 Å². The summed E-state index contributed by atoms with van der Waals surface area (Å²) < 4.78 is 0. The molecule has 0 aliphatic heterocycles. The Kier molecular flexibility index (Phi) is 4.49. The standard InChI is InChI=1S/C13H14N4O3S/c1-9-14-11(8-21-9)7-16(2)13(18)15-10-4-3-5-12(6-10)17(19)20/h3-6,8H,7H2,1-2H3,(H,15,18). The number of non-ortho nitro benzene ring substituents is 1. The lowest BCUT2D eigenvalue weighted by molar-refractivity contribution is -0.384. The number of hydrogen-bond acceptors (Lipinski definition) is 5. The highest BCUT2D eigenvalue weighted by Gasteiger charge is 2.12. The van der Waals surface area contributed by atoms with E-state index in [0.717, 1.165) is 10.7 Å². The van der Waals surface area contributed by atoms with Crippen molar-refractivity contribution in [2.45, 2.75) is 13.5 Å². The molecule has 1 heterocycles. The average molecular weight is 306 g/mol. The molecule has 0 bridgehead atoms. The summed E-state index contributed by atoms with van der Waals surface area (Å²) >= 11 is 1.52. The number of nitro groups is 1. The van der Waals surface area contributed by atoms with Crippen LogP contribution in [0.4, 0.5) is 16.2 Å². The number of aromatic nitrogens is 1. The number of amides is 2. The van der Waals surface area contributed by atoms with E-state index in [4.69, 9.17) is 0 Å². The number of benzene rings is 1. The molecule has 110 valence electrons. The van der Waals surface area contributed by atoms with E-state index in [9.17, 15) is 14.9 Å². The Bertz CT molecular complexity index is 671. The zero-order valence-electron chi connectivity index (χ0n) is 11.6. The average Bonchev–Trinajstić information content (AvgIpc) is 2.84. The second-order valence-electron chi connectivity index (χ2n) is 4.45. The third-order valence-electron chi connectivity index (χ3n) is 2.72. The third-order valence-corrected chi connectivity index (χ3v) is 3.54. The molecule has 0 fully saturated rings. The van der Waals surface area contributed by atoms with Gasteiger partial charge in [0.05, 0.1) is 22.2 Å². The molecule has 2 rings (SSSR count). The zero-order chi connectivity index (χ0) is 15.4. The number of nitrogens with zero attached hydrogens (tertiary/aromatic N) is 3. The minimum absolute atomic E-state index is 0.0643. The Hall–Kier alpha value is -2.48. The molecule has 1 aromatic heterocycles. The molecule has 1 aromatic carbocycles. The number of rotatable bonds is 4. The SMILES string of the molecule is Cc1nc(CN(C)C(=O)Nc2cccc([N+](=O)[O-])c2)cs1. The Balaban J connectivity index is 2.00. The summed E-state index contributed by atoms with van der Waals surface area (Å²) in [5.74, 6) is 0. The Morgan fingerprint density at radius 3 is 2.90 bits per heavy atom. The topological polar surface area (TPSA) is 88.4 Å². The van der Waals surface area contributed by atoms with Crippen LogP contribution in [0.3, 0.4) is 0 Å². The number of carbonyl (C=O) groups is 1. The number of hydrogen-bond donors (Lipinski definition) is 1. The van der Waals surface area contributed by atoms with E-state index in [1.54, 1.807) is 13.1 Å². The largest absolute Gasteiger partial charge is 0.322 e. The molecule has 2 amide bonds. The number of urea groups is 1. The zero-order valence-corrected chi connectivity index (χ0v) is 12.4. The smallest absolute Gasteiger partial charge is 0.321 e. The number of anilines is 1. The van der Waals surface area contributed by atoms with Gasteiger partial charge < -0.3 is 10.2 Å². The van der Waals surface area contributed by atoms with E-state index in [0.29, 0.717) is 12.2 Å². The fourth-order valence-corrected chi connectivity index (χ4v) is 2.32. The van der Waals surface area contributed by atoms with E-state index in [-0.39, 0.29) is 11.7 Å². The summed E-state index contributed by atoms with van der Waals surface area (Å²) in [7, 11) is 1.64. The van der Waals surface area contributed by atoms with Crippen molar-refractivity contribution in [1.29, 1.82) is 0 Å². The number of carbonyl (C=O) groups excluding carboxylic acids is 1. The van der Waals surface area contributed by atoms with Crippen molar-refractivity contribution >= 4 is 28.7 Å². The van der Waals surface area contributed by atoms with Gasteiger partial charge in [-0.25, -0.2) is 9.78 Å². The number of aryl methyl sites for hydroxylation is 1. The van der Waals surface area contributed by atoms with Crippen LogP contribution in [0.1, 0.15) is 10.7 Å². The monoisotopic (exact) mass is 306 g/mol. The van der Waals surface area contributed by atoms with Crippen LogP contribution in [-0.2, 0) is 6.54 Å². The molecule has 0 atom stereocenters. The van der Waals surface area contributed by atoms with Crippen LogP contribution in [-0.4, -0.2) is 27.9 Å². The van der Waals surface area contributed by atoms with Gasteiger partial charge in [0, 0.05) is 30.2 Å². The van der Waals surface area contributed by atoms with Crippen LogP contribution in [0.15, 0.2) is 29.6 Å². The molecule has 0 spiro atoms. The molecule has 1 N–H and O–H groups in total. The maximum Gasteiger partial charge on any atom is 0.321 e. The summed E-state index contributed by atoms with van der Waals surface area (Å²) in [5, 5.41) is 16.2. The van der Waals surface area contributed by atoms with E-state index in [2.05, 4.69) is 10.3 Å². The second kappa shape index (κ2) is 6.31. The van der Waals surface area contributed by atoms with Gasteiger partial charge in [-0.05, 0) is 13.0 Å². The van der Waals surface area contributed by atoms with Crippen molar-refractivity contribution in [3.63, 3.8) is 0 Å². The molecule has 0 aliphatic carbocycles. The van der Waals surface area contributed by atoms with Crippen molar-refractivity contribution in [1.82, 2.24) is 9.88 Å². The first kappa shape index (κ1) is 14.9. The predicted octanol–water partition coefficient (Wildman–Crippen LogP) is 3.02. The molecule has 0 aliphatic rings. The minimum atomic E-state index is -0.503. The first-order valence-electron chi connectivity index (χ1n) is 6.13. The second-order valence-corrected chi connectivity index (χ2v) is 5.51. The van der Waals surface area contributed by atoms with Crippen LogP contribution in [0.25, 0.3) is 0 Å². The van der Waals surface area contributed by atoms with Crippen LogP contribution < -0.4 is 5.32 Å². The highest BCUT2D eigenvalue weighted by molar-refractivity contribution is 7.09. The van der Waals surface area contributed by atoms with Crippen molar-refractivity contribution in [3.05, 3.63) is 50.5 Å². The van der Waals surface area contributed by atoms with Gasteiger partial charge in [0.15, 0.2) is 0 Å². The van der Waals surface area contributed by atoms with Crippen molar-refractivity contribution in [2.24, 2.45) is 0 Å². The Morgan fingerprint density at radius 2 is 2.29 bits per heavy atom. The lowest BCUT2D eigenvalue weighted by atomic mass is 10.3. The molecule has 21 heavy (non-hydrogen) atoms. The van der Waals surface area contributed by atoms with E-state index in [1.165, 1.54) is 34.4 Å². The quantitative estimate of drug-likeness (QED) is 0.694. The molecule has 0 unspecified atom stereocenters. The normalized spacial score (nSPS) is 10.2. The van der Waals surface area contributed by atoms with E-state index >= 15 is 0 Å². The highest BCUT2D eigenvalue weighted by atomic mass is 32.1.